The fourth-order valence-electron chi connectivity index (χ4n) is 1.26. The summed E-state index contributed by atoms with van der Waals surface area (Å²) in [6.07, 6.45) is 3.40. The molecule has 3 N–H and O–H groups in total. The van der Waals surface area contributed by atoms with Gasteiger partial charge in [0.1, 0.15) is 11.7 Å². The molecule has 2 aromatic rings. The van der Waals surface area contributed by atoms with E-state index in [9.17, 15) is 4.79 Å². The quantitative estimate of drug-likeness (QED) is 0.858. The van der Waals surface area contributed by atoms with Gasteiger partial charge in [0.25, 0.3) is 0 Å². The van der Waals surface area contributed by atoms with Gasteiger partial charge in [0, 0.05) is 16.9 Å². The molecule has 0 aromatic carbocycles. The van der Waals surface area contributed by atoms with E-state index < -0.39 is 12.0 Å². The molecule has 15 heavy (non-hydrogen) atoms. The second-order valence-electron chi connectivity index (χ2n) is 3.09. The Balaban J connectivity index is 2.51. The normalized spacial score (nSPS) is 12.9. The number of aromatic nitrogens is 2. The SMILES string of the molecule is NC(C(=O)O)c1cn2cc(Br)ccc2n1. The molecule has 0 bridgehead atoms. The van der Waals surface area contributed by atoms with Crippen molar-refractivity contribution in [2.75, 3.05) is 0 Å². The second kappa shape index (κ2) is 3.63. The van der Waals surface area contributed by atoms with Crippen molar-refractivity contribution in [2.45, 2.75) is 6.04 Å². The number of hydrogen-bond acceptors (Lipinski definition) is 3. The highest BCUT2D eigenvalue weighted by atomic mass is 79.9. The Bertz CT molecular complexity index is 523. The molecule has 0 saturated carbocycles. The number of imidazole rings is 1. The summed E-state index contributed by atoms with van der Waals surface area (Å²) in [4.78, 5) is 14.8. The molecule has 0 amide bonds. The lowest BCUT2D eigenvalue weighted by atomic mass is 10.2. The predicted octanol–water partition coefficient (Wildman–Crippen LogP) is 1.18. The lowest BCUT2D eigenvalue weighted by Crippen LogP contribution is -2.20. The minimum Gasteiger partial charge on any atom is -0.480 e. The fraction of sp³-hybridized carbons (Fsp3) is 0.111. The number of carbonyl (C=O) groups is 1. The van der Waals surface area contributed by atoms with Crippen LogP contribution < -0.4 is 5.73 Å². The first-order chi connectivity index (χ1) is 7.08. The molecule has 2 rings (SSSR count). The zero-order chi connectivity index (χ0) is 11.0. The minimum absolute atomic E-state index is 0.348. The molecule has 0 saturated heterocycles. The molecule has 1 atom stereocenters. The first kappa shape index (κ1) is 10.1. The number of nitrogens with zero attached hydrogens (tertiary/aromatic N) is 2. The van der Waals surface area contributed by atoms with Crippen molar-refractivity contribution in [1.82, 2.24) is 9.38 Å². The Hall–Kier alpha value is -1.40. The van der Waals surface area contributed by atoms with Crippen LogP contribution in [0, 0.1) is 0 Å². The number of rotatable bonds is 2. The summed E-state index contributed by atoms with van der Waals surface area (Å²) in [5, 5.41) is 8.73. The molecule has 0 fully saturated rings. The number of hydrogen-bond donors (Lipinski definition) is 2. The largest absolute Gasteiger partial charge is 0.480 e. The number of carboxylic acids is 1. The van der Waals surface area contributed by atoms with Gasteiger partial charge < -0.3 is 15.2 Å². The molecule has 6 heteroatoms. The van der Waals surface area contributed by atoms with Crippen LogP contribution in [0.15, 0.2) is 29.0 Å². The van der Waals surface area contributed by atoms with Crippen molar-refractivity contribution in [3.8, 4) is 0 Å². The Morgan fingerprint density at radius 1 is 1.53 bits per heavy atom. The van der Waals surface area contributed by atoms with E-state index in [-0.39, 0.29) is 0 Å². The van der Waals surface area contributed by atoms with Crippen molar-refractivity contribution >= 4 is 27.5 Å². The Morgan fingerprint density at radius 3 is 2.93 bits per heavy atom. The van der Waals surface area contributed by atoms with E-state index in [1.807, 2.05) is 6.07 Å². The lowest BCUT2D eigenvalue weighted by Gasteiger charge is -1.99. The summed E-state index contributed by atoms with van der Waals surface area (Å²) in [5.41, 5.74) is 6.47. The number of fused-ring (bicyclic) bond motifs is 1. The predicted molar refractivity (Wildman–Crippen MR) is 57.5 cm³/mol. The Labute approximate surface area is 93.7 Å². The molecule has 0 aliphatic carbocycles. The highest BCUT2D eigenvalue weighted by molar-refractivity contribution is 9.10. The summed E-state index contributed by atoms with van der Waals surface area (Å²) in [6.45, 7) is 0. The zero-order valence-electron chi connectivity index (χ0n) is 7.59. The Morgan fingerprint density at radius 2 is 2.27 bits per heavy atom. The summed E-state index contributed by atoms with van der Waals surface area (Å²) < 4.78 is 2.62. The van der Waals surface area contributed by atoms with E-state index >= 15 is 0 Å². The van der Waals surface area contributed by atoms with Crippen LogP contribution in [0.1, 0.15) is 11.7 Å². The maximum absolute atomic E-state index is 10.7. The van der Waals surface area contributed by atoms with Crippen molar-refractivity contribution < 1.29 is 9.90 Å². The molecule has 5 nitrogen and oxygen atoms in total. The van der Waals surface area contributed by atoms with Gasteiger partial charge in [-0.3, -0.25) is 4.79 Å². The van der Waals surface area contributed by atoms with Crippen LogP contribution in [-0.4, -0.2) is 20.5 Å². The van der Waals surface area contributed by atoms with E-state index in [4.69, 9.17) is 10.8 Å². The van der Waals surface area contributed by atoms with Crippen LogP contribution in [-0.2, 0) is 4.79 Å². The standard InChI is InChI=1S/C9H8BrN3O2/c10-5-1-2-7-12-6(4-13(7)3-5)8(11)9(14)15/h1-4,8H,11H2,(H,14,15). The monoisotopic (exact) mass is 269 g/mol. The van der Waals surface area contributed by atoms with Gasteiger partial charge >= 0.3 is 5.97 Å². The van der Waals surface area contributed by atoms with Crippen LogP contribution in [0.4, 0.5) is 0 Å². The average Bonchev–Trinajstić information content (AvgIpc) is 2.58. The molecule has 0 aliphatic rings. The van der Waals surface area contributed by atoms with E-state index in [0.717, 1.165) is 4.47 Å². The lowest BCUT2D eigenvalue weighted by molar-refractivity contribution is -0.138. The van der Waals surface area contributed by atoms with Gasteiger partial charge in [0.2, 0.25) is 0 Å². The summed E-state index contributed by atoms with van der Waals surface area (Å²) in [6, 6.07) is 2.53. The van der Waals surface area contributed by atoms with Crippen LogP contribution in [0.2, 0.25) is 0 Å². The maximum Gasteiger partial charge on any atom is 0.326 e. The third-order valence-corrected chi connectivity index (χ3v) is 2.49. The van der Waals surface area contributed by atoms with Gasteiger partial charge in [0.15, 0.2) is 0 Å². The van der Waals surface area contributed by atoms with Gasteiger partial charge in [-0.15, -0.1) is 0 Å². The van der Waals surface area contributed by atoms with Crippen molar-refractivity contribution in [3.63, 3.8) is 0 Å². The molecule has 0 aliphatic heterocycles. The molecule has 78 valence electrons. The van der Waals surface area contributed by atoms with Crippen LogP contribution >= 0.6 is 15.9 Å². The molecule has 2 heterocycles. The van der Waals surface area contributed by atoms with Crippen molar-refractivity contribution in [1.29, 1.82) is 0 Å². The maximum atomic E-state index is 10.7. The van der Waals surface area contributed by atoms with Gasteiger partial charge in [0.05, 0.1) is 5.69 Å². The number of halogens is 1. The second-order valence-corrected chi connectivity index (χ2v) is 4.01. The van der Waals surface area contributed by atoms with Gasteiger partial charge in [-0.05, 0) is 28.1 Å². The number of pyridine rings is 1. The third kappa shape index (κ3) is 1.86. The van der Waals surface area contributed by atoms with E-state index in [0.29, 0.717) is 11.3 Å². The Kier molecular flexibility index (Phi) is 2.45. The number of aliphatic carboxylic acids is 1. The summed E-state index contributed by atoms with van der Waals surface area (Å²) in [7, 11) is 0. The van der Waals surface area contributed by atoms with Gasteiger partial charge in [-0.2, -0.15) is 0 Å². The van der Waals surface area contributed by atoms with E-state index in [1.165, 1.54) is 0 Å². The molecule has 2 aromatic heterocycles. The van der Waals surface area contributed by atoms with Crippen LogP contribution in [0.3, 0.4) is 0 Å². The van der Waals surface area contributed by atoms with Crippen molar-refractivity contribution in [3.05, 3.63) is 34.7 Å². The highest BCUT2D eigenvalue weighted by Gasteiger charge is 2.17. The minimum atomic E-state index is -1.09. The summed E-state index contributed by atoms with van der Waals surface area (Å²) >= 11 is 3.31. The van der Waals surface area contributed by atoms with Gasteiger partial charge in [-0.25, -0.2) is 4.98 Å². The third-order valence-electron chi connectivity index (χ3n) is 2.02. The first-order valence-corrected chi connectivity index (χ1v) is 5.00. The van der Waals surface area contributed by atoms with E-state index in [2.05, 4.69) is 20.9 Å². The zero-order valence-corrected chi connectivity index (χ0v) is 9.18. The van der Waals surface area contributed by atoms with Crippen molar-refractivity contribution in [2.24, 2.45) is 5.73 Å². The topological polar surface area (TPSA) is 80.6 Å². The first-order valence-electron chi connectivity index (χ1n) is 4.20. The summed E-state index contributed by atoms with van der Waals surface area (Å²) in [5.74, 6) is -1.09. The van der Waals surface area contributed by atoms with Crippen LogP contribution in [0.25, 0.3) is 5.65 Å². The average molecular weight is 270 g/mol. The molecular formula is C9H8BrN3O2. The molecule has 0 radical (unpaired) electrons. The molecule has 1 unspecified atom stereocenters. The van der Waals surface area contributed by atoms with Gasteiger partial charge in [-0.1, -0.05) is 0 Å². The fourth-order valence-corrected chi connectivity index (χ4v) is 1.61. The number of carboxylic acid groups (broad SMARTS) is 1. The molecular weight excluding hydrogens is 262 g/mol. The smallest absolute Gasteiger partial charge is 0.326 e. The molecule has 0 spiro atoms. The van der Waals surface area contributed by atoms with Crippen LogP contribution in [0.5, 0.6) is 0 Å². The van der Waals surface area contributed by atoms with E-state index in [1.54, 1.807) is 22.9 Å². The number of nitrogens with two attached hydrogens (primary N) is 1. The highest BCUT2D eigenvalue weighted by Crippen LogP contribution is 2.15.